The lowest BCUT2D eigenvalue weighted by atomic mass is 9.92. The summed E-state index contributed by atoms with van der Waals surface area (Å²) in [6.45, 7) is 4.14. The molecule has 0 aromatic carbocycles. The number of aromatic nitrogens is 1. The molecule has 0 saturated heterocycles. The lowest BCUT2D eigenvalue weighted by molar-refractivity contribution is 0.453. The van der Waals surface area contributed by atoms with Gasteiger partial charge in [-0.2, -0.15) is 0 Å². The van der Waals surface area contributed by atoms with Gasteiger partial charge in [-0.15, -0.1) is 11.6 Å². The molecule has 1 fully saturated rings. The first-order valence-corrected chi connectivity index (χ1v) is 5.42. The van der Waals surface area contributed by atoms with Crippen LogP contribution in [0.3, 0.4) is 0 Å². The van der Waals surface area contributed by atoms with Gasteiger partial charge in [0, 0.05) is 17.6 Å². The zero-order valence-corrected chi connectivity index (χ0v) is 9.30. The Bertz CT molecular complexity index is 332. The molecular formula is C11H15ClN2. The normalized spacial score (nSPS) is 25.6. The van der Waals surface area contributed by atoms with Crippen LogP contribution in [0.4, 0.5) is 5.82 Å². The second-order valence-electron chi connectivity index (χ2n) is 4.09. The van der Waals surface area contributed by atoms with Crippen molar-refractivity contribution in [3.63, 3.8) is 0 Å². The summed E-state index contributed by atoms with van der Waals surface area (Å²) in [6.07, 6.45) is 4.00. The maximum Gasteiger partial charge on any atom is 0.129 e. The van der Waals surface area contributed by atoms with E-state index in [2.05, 4.69) is 30.2 Å². The van der Waals surface area contributed by atoms with Crippen LogP contribution in [0.5, 0.6) is 0 Å². The van der Waals surface area contributed by atoms with E-state index in [9.17, 15) is 0 Å². The van der Waals surface area contributed by atoms with Crippen LogP contribution in [-0.2, 0) is 0 Å². The van der Waals surface area contributed by atoms with Crippen LogP contribution in [0.25, 0.3) is 0 Å². The van der Waals surface area contributed by atoms with Crippen molar-refractivity contribution in [1.82, 2.24) is 4.98 Å². The van der Waals surface area contributed by atoms with E-state index < -0.39 is 0 Å². The molecule has 1 aromatic rings. The van der Waals surface area contributed by atoms with Gasteiger partial charge in [0.15, 0.2) is 0 Å². The van der Waals surface area contributed by atoms with Crippen molar-refractivity contribution in [1.29, 1.82) is 0 Å². The first kappa shape index (κ1) is 9.78. The van der Waals surface area contributed by atoms with Gasteiger partial charge in [-0.05, 0) is 37.8 Å². The Morgan fingerprint density at radius 2 is 2.14 bits per heavy atom. The van der Waals surface area contributed by atoms with Crippen molar-refractivity contribution in [3.8, 4) is 0 Å². The molecule has 76 valence electrons. The van der Waals surface area contributed by atoms with Crippen molar-refractivity contribution in [2.75, 3.05) is 5.32 Å². The van der Waals surface area contributed by atoms with Gasteiger partial charge in [0.2, 0.25) is 0 Å². The summed E-state index contributed by atoms with van der Waals surface area (Å²) in [5, 5.41) is 3.77. The van der Waals surface area contributed by atoms with Crippen LogP contribution in [0.2, 0.25) is 0 Å². The monoisotopic (exact) mass is 210 g/mol. The van der Waals surface area contributed by atoms with Gasteiger partial charge in [-0.25, -0.2) is 4.98 Å². The molecule has 1 saturated carbocycles. The molecule has 0 unspecified atom stereocenters. The van der Waals surface area contributed by atoms with E-state index >= 15 is 0 Å². The average Bonchev–Trinajstić information content (AvgIpc) is 2.06. The van der Waals surface area contributed by atoms with E-state index in [0.29, 0.717) is 11.4 Å². The molecule has 1 N–H and O–H groups in total. The Morgan fingerprint density at radius 3 is 2.71 bits per heavy atom. The molecule has 1 aromatic heterocycles. The Kier molecular flexibility index (Phi) is 2.64. The summed E-state index contributed by atoms with van der Waals surface area (Å²) in [7, 11) is 0. The number of nitrogens with zero attached hydrogens (tertiary/aromatic N) is 1. The molecular weight excluding hydrogens is 196 g/mol. The Balaban J connectivity index is 2.02. The summed E-state index contributed by atoms with van der Waals surface area (Å²) in [6, 6.07) is 2.66. The highest BCUT2D eigenvalue weighted by Crippen LogP contribution is 2.28. The van der Waals surface area contributed by atoms with Gasteiger partial charge in [-0.3, -0.25) is 0 Å². The van der Waals surface area contributed by atoms with Crippen LogP contribution < -0.4 is 5.32 Å². The van der Waals surface area contributed by atoms with Crippen LogP contribution in [0.15, 0.2) is 12.3 Å². The van der Waals surface area contributed by atoms with Crippen LogP contribution in [0.1, 0.15) is 24.0 Å². The lowest BCUT2D eigenvalue weighted by Gasteiger charge is -2.32. The number of anilines is 1. The van der Waals surface area contributed by atoms with E-state index in [1.54, 1.807) is 0 Å². The standard InChI is InChI=1S/C11H15ClN2/c1-7-3-8(2)11(13-6-7)14-10-4-9(12)5-10/h3,6,9-10H,4-5H2,1-2H3,(H,13,14). The second-order valence-corrected chi connectivity index (χ2v) is 4.71. The maximum absolute atomic E-state index is 5.91. The van der Waals surface area contributed by atoms with E-state index in [4.69, 9.17) is 11.6 Å². The van der Waals surface area contributed by atoms with Gasteiger partial charge in [0.25, 0.3) is 0 Å². The fourth-order valence-corrected chi connectivity index (χ4v) is 2.16. The Hall–Kier alpha value is -0.760. The SMILES string of the molecule is Cc1cnc(NC2CC(Cl)C2)c(C)c1. The van der Waals surface area contributed by atoms with Gasteiger partial charge in [-0.1, -0.05) is 6.07 Å². The molecule has 0 bridgehead atoms. The predicted octanol–water partition coefficient (Wildman–Crippen LogP) is 2.88. The molecule has 0 atom stereocenters. The number of nitrogens with one attached hydrogen (secondary N) is 1. The maximum atomic E-state index is 5.91. The summed E-state index contributed by atoms with van der Waals surface area (Å²) < 4.78 is 0. The summed E-state index contributed by atoms with van der Waals surface area (Å²) >= 11 is 5.91. The van der Waals surface area contributed by atoms with Crippen LogP contribution >= 0.6 is 11.6 Å². The molecule has 1 heterocycles. The first-order chi connectivity index (χ1) is 6.65. The minimum absolute atomic E-state index is 0.359. The number of pyridine rings is 1. The third-order valence-electron chi connectivity index (χ3n) is 2.64. The lowest BCUT2D eigenvalue weighted by Crippen LogP contribution is -2.36. The largest absolute Gasteiger partial charge is 0.367 e. The Morgan fingerprint density at radius 1 is 1.43 bits per heavy atom. The average molecular weight is 211 g/mol. The van der Waals surface area contributed by atoms with Gasteiger partial charge in [0.1, 0.15) is 5.82 Å². The smallest absolute Gasteiger partial charge is 0.129 e. The highest BCUT2D eigenvalue weighted by atomic mass is 35.5. The molecule has 1 aliphatic rings. The molecule has 0 radical (unpaired) electrons. The molecule has 14 heavy (non-hydrogen) atoms. The Labute approximate surface area is 89.7 Å². The van der Waals surface area contributed by atoms with E-state index in [1.165, 1.54) is 11.1 Å². The molecule has 0 spiro atoms. The molecule has 3 heteroatoms. The zero-order valence-electron chi connectivity index (χ0n) is 8.55. The highest BCUT2D eigenvalue weighted by molar-refractivity contribution is 6.21. The number of rotatable bonds is 2. The molecule has 0 amide bonds. The van der Waals surface area contributed by atoms with Gasteiger partial charge in [0.05, 0.1) is 0 Å². The fourth-order valence-electron chi connectivity index (χ4n) is 1.73. The third-order valence-corrected chi connectivity index (χ3v) is 2.99. The first-order valence-electron chi connectivity index (χ1n) is 4.99. The van der Waals surface area contributed by atoms with Crippen molar-refractivity contribution in [3.05, 3.63) is 23.4 Å². The van der Waals surface area contributed by atoms with Crippen LogP contribution in [-0.4, -0.2) is 16.4 Å². The minimum atomic E-state index is 0.359. The van der Waals surface area contributed by atoms with Crippen molar-refractivity contribution >= 4 is 17.4 Å². The second kappa shape index (κ2) is 3.77. The molecule has 2 rings (SSSR count). The van der Waals surface area contributed by atoms with Crippen molar-refractivity contribution in [2.24, 2.45) is 0 Å². The topological polar surface area (TPSA) is 24.9 Å². The number of hydrogen-bond donors (Lipinski definition) is 1. The minimum Gasteiger partial charge on any atom is -0.367 e. The summed E-state index contributed by atoms with van der Waals surface area (Å²) in [5.74, 6) is 1.00. The molecule has 2 nitrogen and oxygen atoms in total. The number of halogens is 1. The third kappa shape index (κ3) is 2.01. The predicted molar refractivity (Wildman–Crippen MR) is 60.0 cm³/mol. The number of alkyl halides is 1. The van der Waals surface area contributed by atoms with E-state index in [1.807, 2.05) is 6.20 Å². The van der Waals surface area contributed by atoms with Crippen molar-refractivity contribution in [2.45, 2.75) is 38.1 Å². The van der Waals surface area contributed by atoms with E-state index in [-0.39, 0.29) is 0 Å². The molecule has 1 aliphatic carbocycles. The highest BCUT2D eigenvalue weighted by Gasteiger charge is 2.27. The van der Waals surface area contributed by atoms with Gasteiger partial charge >= 0.3 is 0 Å². The number of hydrogen-bond acceptors (Lipinski definition) is 2. The van der Waals surface area contributed by atoms with Crippen molar-refractivity contribution < 1.29 is 0 Å². The zero-order chi connectivity index (χ0) is 10.1. The number of aryl methyl sites for hydroxylation is 2. The van der Waals surface area contributed by atoms with E-state index in [0.717, 1.165) is 18.7 Å². The van der Waals surface area contributed by atoms with Crippen LogP contribution in [0, 0.1) is 13.8 Å². The molecule has 0 aliphatic heterocycles. The summed E-state index contributed by atoms with van der Waals surface area (Å²) in [5.41, 5.74) is 2.42. The fraction of sp³-hybridized carbons (Fsp3) is 0.545. The van der Waals surface area contributed by atoms with Gasteiger partial charge < -0.3 is 5.32 Å². The summed E-state index contributed by atoms with van der Waals surface area (Å²) in [4.78, 5) is 4.37. The quantitative estimate of drug-likeness (QED) is 0.760.